The van der Waals surface area contributed by atoms with Crippen molar-refractivity contribution in [3.63, 3.8) is 0 Å². The molecule has 1 aromatic carbocycles. The lowest BCUT2D eigenvalue weighted by Crippen LogP contribution is -2.40. The standard InChI is InChI=1S/C17H18N4/c1-12-6-7-14(10-18)17(20-12)21-9-8-13-4-2-3-5-15(13)16(21)11-19/h2-7,16H,8-9,11,19H2,1H3. The second-order valence-electron chi connectivity index (χ2n) is 5.33. The molecule has 106 valence electrons. The summed E-state index contributed by atoms with van der Waals surface area (Å²) < 4.78 is 0. The van der Waals surface area contributed by atoms with E-state index in [9.17, 15) is 5.26 Å². The summed E-state index contributed by atoms with van der Waals surface area (Å²) in [6.45, 7) is 3.29. The Hall–Kier alpha value is -2.38. The van der Waals surface area contributed by atoms with Crippen LogP contribution in [0.15, 0.2) is 36.4 Å². The molecule has 0 fully saturated rings. The number of pyridine rings is 1. The molecule has 0 spiro atoms. The Kier molecular flexibility index (Phi) is 3.59. The molecule has 0 radical (unpaired) electrons. The minimum Gasteiger partial charge on any atom is -0.347 e. The molecule has 1 aromatic heterocycles. The molecule has 0 aliphatic carbocycles. The van der Waals surface area contributed by atoms with Gasteiger partial charge >= 0.3 is 0 Å². The quantitative estimate of drug-likeness (QED) is 0.915. The highest BCUT2D eigenvalue weighted by Crippen LogP contribution is 2.33. The van der Waals surface area contributed by atoms with Crippen LogP contribution in [0.25, 0.3) is 0 Å². The number of nitrogens with two attached hydrogens (primary N) is 1. The predicted octanol–water partition coefficient (Wildman–Crippen LogP) is 2.32. The highest BCUT2D eigenvalue weighted by atomic mass is 15.2. The van der Waals surface area contributed by atoms with Gasteiger partial charge in [0.2, 0.25) is 0 Å². The van der Waals surface area contributed by atoms with Gasteiger partial charge in [-0.25, -0.2) is 4.98 Å². The van der Waals surface area contributed by atoms with E-state index < -0.39 is 0 Å². The van der Waals surface area contributed by atoms with Crippen LogP contribution in [0.4, 0.5) is 5.82 Å². The zero-order valence-corrected chi connectivity index (χ0v) is 12.1. The molecule has 3 rings (SSSR count). The lowest BCUT2D eigenvalue weighted by atomic mass is 9.92. The van der Waals surface area contributed by atoms with Gasteiger partial charge in [-0.2, -0.15) is 5.26 Å². The number of aromatic nitrogens is 1. The number of benzene rings is 1. The molecule has 4 nitrogen and oxygen atoms in total. The minimum absolute atomic E-state index is 0.0800. The second-order valence-corrected chi connectivity index (χ2v) is 5.33. The minimum atomic E-state index is 0.0800. The molecule has 0 saturated heterocycles. The van der Waals surface area contributed by atoms with E-state index in [1.165, 1.54) is 11.1 Å². The maximum atomic E-state index is 9.35. The lowest BCUT2D eigenvalue weighted by molar-refractivity contribution is 0.583. The fourth-order valence-corrected chi connectivity index (χ4v) is 3.01. The largest absolute Gasteiger partial charge is 0.347 e. The van der Waals surface area contributed by atoms with Crippen LogP contribution in [-0.2, 0) is 6.42 Å². The maximum absolute atomic E-state index is 9.35. The topological polar surface area (TPSA) is 65.9 Å². The average Bonchev–Trinajstić information content (AvgIpc) is 2.53. The van der Waals surface area contributed by atoms with Crippen molar-refractivity contribution in [2.75, 3.05) is 18.0 Å². The molecule has 0 bridgehead atoms. The highest BCUT2D eigenvalue weighted by Gasteiger charge is 2.28. The molecular weight excluding hydrogens is 260 g/mol. The number of anilines is 1. The molecular formula is C17H18N4. The summed E-state index contributed by atoms with van der Waals surface area (Å²) >= 11 is 0. The number of nitrogens with zero attached hydrogens (tertiary/aromatic N) is 3. The summed E-state index contributed by atoms with van der Waals surface area (Å²) in [5.74, 6) is 0.752. The Morgan fingerprint density at radius 2 is 2.14 bits per heavy atom. The molecule has 1 atom stereocenters. The molecule has 1 aliphatic rings. The molecule has 2 heterocycles. The number of nitriles is 1. The van der Waals surface area contributed by atoms with E-state index in [1.807, 2.05) is 25.1 Å². The van der Waals surface area contributed by atoms with Gasteiger partial charge in [0.05, 0.1) is 11.6 Å². The average molecular weight is 278 g/mol. The first-order chi connectivity index (χ1) is 10.2. The third-order valence-electron chi connectivity index (χ3n) is 4.04. The summed E-state index contributed by atoms with van der Waals surface area (Å²) in [6.07, 6.45) is 0.952. The fraction of sp³-hybridized carbons (Fsp3) is 0.294. The van der Waals surface area contributed by atoms with Crippen LogP contribution in [0.2, 0.25) is 0 Å². The number of hydrogen-bond donors (Lipinski definition) is 1. The van der Waals surface area contributed by atoms with Crippen molar-refractivity contribution < 1.29 is 0 Å². The number of rotatable bonds is 2. The smallest absolute Gasteiger partial charge is 0.147 e. The van der Waals surface area contributed by atoms with Gasteiger partial charge in [-0.05, 0) is 36.6 Å². The lowest BCUT2D eigenvalue weighted by Gasteiger charge is -2.38. The van der Waals surface area contributed by atoms with Gasteiger partial charge in [0.15, 0.2) is 0 Å². The number of fused-ring (bicyclic) bond motifs is 1. The van der Waals surface area contributed by atoms with Gasteiger partial charge in [0.25, 0.3) is 0 Å². The van der Waals surface area contributed by atoms with Crippen LogP contribution >= 0.6 is 0 Å². The Morgan fingerprint density at radius 3 is 2.90 bits per heavy atom. The highest BCUT2D eigenvalue weighted by molar-refractivity contribution is 5.57. The molecule has 4 heteroatoms. The van der Waals surface area contributed by atoms with E-state index >= 15 is 0 Å². The molecule has 21 heavy (non-hydrogen) atoms. The van der Waals surface area contributed by atoms with Gasteiger partial charge < -0.3 is 10.6 Å². The van der Waals surface area contributed by atoms with Crippen molar-refractivity contribution in [3.8, 4) is 6.07 Å². The van der Waals surface area contributed by atoms with E-state index in [4.69, 9.17) is 5.73 Å². The Bertz CT molecular complexity index is 702. The van der Waals surface area contributed by atoms with Crippen molar-refractivity contribution in [2.45, 2.75) is 19.4 Å². The number of aryl methyl sites for hydroxylation is 1. The van der Waals surface area contributed by atoms with Crippen LogP contribution in [-0.4, -0.2) is 18.1 Å². The molecule has 2 aromatic rings. The second kappa shape index (κ2) is 5.55. The Balaban J connectivity index is 2.08. The summed E-state index contributed by atoms with van der Waals surface area (Å²) in [6, 6.07) is 14.4. The van der Waals surface area contributed by atoms with Crippen LogP contribution in [0, 0.1) is 18.3 Å². The van der Waals surface area contributed by atoms with E-state index in [1.54, 1.807) is 0 Å². The van der Waals surface area contributed by atoms with Crippen molar-refractivity contribution in [3.05, 3.63) is 58.8 Å². The monoisotopic (exact) mass is 278 g/mol. The van der Waals surface area contributed by atoms with Gasteiger partial charge in [0.1, 0.15) is 11.9 Å². The molecule has 1 unspecified atom stereocenters. The van der Waals surface area contributed by atoms with Crippen molar-refractivity contribution in [1.82, 2.24) is 4.98 Å². The van der Waals surface area contributed by atoms with E-state index in [0.717, 1.165) is 24.5 Å². The third-order valence-corrected chi connectivity index (χ3v) is 4.04. The molecule has 0 saturated carbocycles. The van der Waals surface area contributed by atoms with Crippen LogP contribution in [0.1, 0.15) is 28.4 Å². The van der Waals surface area contributed by atoms with Gasteiger partial charge in [-0.3, -0.25) is 0 Å². The predicted molar refractivity (Wildman–Crippen MR) is 83.0 cm³/mol. The zero-order valence-electron chi connectivity index (χ0n) is 12.1. The Morgan fingerprint density at radius 1 is 1.33 bits per heavy atom. The summed E-state index contributed by atoms with van der Waals surface area (Å²) in [5, 5.41) is 9.35. The molecule has 1 aliphatic heterocycles. The molecule has 2 N–H and O–H groups in total. The summed E-state index contributed by atoms with van der Waals surface area (Å²) in [7, 11) is 0. The molecule has 0 amide bonds. The fourth-order valence-electron chi connectivity index (χ4n) is 3.01. The van der Waals surface area contributed by atoms with Crippen LogP contribution in [0.3, 0.4) is 0 Å². The normalized spacial score (nSPS) is 17.2. The summed E-state index contributed by atoms with van der Waals surface area (Å²) in [5.41, 5.74) is 10.1. The SMILES string of the molecule is Cc1ccc(C#N)c(N2CCc3ccccc3C2CN)n1. The maximum Gasteiger partial charge on any atom is 0.147 e. The van der Waals surface area contributed by atoms with Crippen LogP contribution < -0.4 is 10.6 Å². The van der Waals surface area contributed by atoms with Gasteiger partial charge in [-0.15, -0.1) is 0 Å². The zero-order chi connectivity index (χ0) is 14.8. The van der Waals surface area contributed by atoms with Crippen molar-refractivity contribution >= 4 is 5.82 Å². The Labute approximate surface area is 124 Å². The summed E-state index contributed by atoms with van der Waals surface area (Å²) in [4.78, 5) is 6.76. The van der Waals surface area contributed by atoms with Crippen molar-refractivity contribution in [1.29, 1.82) is 5.26 Å². The first-order valence-electron chi connectivity index (χ1n) is 7.17. The first-order valence-corrected chi connectivity index (χ1v) is 7.17. The van der Waals surface area contributed by atoms with E-state index in [0.29, 0.717) is 12.1 Å². The number of hydrogen-bond acceptors (Lipinski definition) is 4. The van der Waals surface area contributed by atoms with Gasteiger partial charge in [-0.1, -0.05) is 24.3 Å². The van der Waals surface area contributed by atoms with Crippen LogP contribution in [0.5, 0.6) is 0 Å². The third kappa shape index (κ3) is 2.37. The van der Waals surface area contributed by atoms with Crippen molar-refractivity contribution in [2.24, 2.45) is 5.73 Å². The first kappa shape index (κ1) is 13.6. The van der Waals surface area contributed by atoms with E-state index in [-0.39, 0.29) is 6.04 Å². The van der Waals surface area contributed by atoms with E-state index in [2.05, 4.69) is 34.2 Å². The van der Waals surface area contributed by atoms with Gasteiger partial charge in [0, 0.05) is 18.8 Å².